The van der Waals surface area contributed by atoms with E-state index in [1.54, 1.807) is 19.1 Å². The van der Waals surface area contributed by atoms with Crippen LogP contribution in [0, 0.1) is 0 Å². The summed E-state index contributed by atoms with van der Waals surface area (Å²) in [7, 11) is 3.20. The third-order valence-corrected chi connectivity index (χ3v) is 6.57. The van der Waals surface area contributed by atoms with E-state index in [0.29, 0.717) is 44.2 Å². The summed E-state index contributed by atoms with van der Waals surface area (Å²) < 4.78 is 10.7. The molecule has 194 valence electrons. The number of benzene rings is 2. The van der Waals surface area contributed by atoms with Gasteiger partial charge in [-0.1, -0.05) is 30.3 Å². The number of anilines is 1. The Morgan fingerprint density at radius 3 is 2.24 bits per heavy atom. The molecule has 0 unspecified atom stereocenters. The van der Waals surface area contributed by atoms with Gasteiger partial charge < -0.3 is 24.2 Å². The van der Waals surface area contributed by atoms with Gasteiger partial charge in [0.2, 0.25) is 11.8 Å². The third-order valence-electron chi connectivity index (χ3n) is 6.57. The average molecular weight is 504 g/mol. The highest BCUT2D eigenvalue weighted by atomic mass is 16.5. The summed E-state index contributed by atoms with van der Waals surface area (Å²) in [6, 6.07) is 19.5. The van der Waals surface area contributed by atoms with Crippen molar-refractivity contribution in [1.82, 2.24) is 20.0 Å². The van der Waals surface area contributed by atoms with Crippen LogP contribution >= 0.6 is 0 Å². The molecule has 0 aliphatic carbocycles. The van der Waals surface area contributed by atoms with Gasteiger partial charge in [0.15, 0.2) is 17.3 Å². The van der Waals surface area contributed by atoms with Crippen molar-refractivity contribution in [3.63, 3.8) is 0 Å². The Bertz CT molecular complexity index is 1190. The maximum Gasteiger partial charge on any atom is 0.242 e. The van der Waals surface area contributed by atoms with E-state index >= 15 is 0 Å². The Morgan fingerprint density at radius 2 is 1.62 bits per heavy atom. The minimum absolute atomic E-state index is 0.0298. The van der Waals surface area contributed by atoms with Crippen molar-refractivity contribution in [3.05, 3.63) is 66.2 Å². The highest BCUT2D eigenvalue weighted by molar-refractivity contribution is 5.84. The first kappa shape index (κ1) is 25.9. The van der Waals surface area contributed by atoms with Crippen molar-refractivity contribution < 1.29 is 19.1 Å². The molecule has 9 heteroatoms. The van der Waals surface area contributed by atoms with Crippen LogP contribution in [0.2, 0.25) is 0 Å². The topological polar surface area (TPSA) is 88.1 Å². The molecule has 2 heterocycles. The molecule has 1 aliphatic heterocycles. The van der Waals surface area contributed by atoms with Gasteiger partial charge in [-0.3, -0.25) is 9.59 Å². The number of rotatable bonds is 9. The van der Waals surface area contributed by atoms with E-state index in [2.05, 4.69) is 15.1 Å². The quantitative estimate of drug-likeness (QED) is 0.444. The van der Waals surface area contributed by atoms with Crippen LogP contribution in [0.1, 0.15) is 12.5 Å². The van der Waals surface area contributed by atoms with Crippen LogP contribution in [0.25, 0.3) is 11.3 Å². The lowest BCUT2D eigenvalue weighted by Gasteiger charge is -2.36. The summed E-state index contributed by atoms with van der Waals surface area (Å²) in [6.45, 7) is 4.58. The van der Waals surface area contributed by atoms with Gasteiger partial charge in [0.1, 0.15) is 0 Å². The monoisotopic (exact) mass is 503 g/mol. The zero-order valence-corrected chi connectivity index (χ0v) is 21.6. The molecule has 37 heavy (non-hydrogen) atoms. The van der Waals surface area contributed by atoms with Crippen molar-refractivity contribution in [2.24, 2.45) is 0 Å². The molecule has 0 bridgehead atoms. The first-order valence-corrected chi connectivity index (χ1v) is 12.4. The molecule has 9 nitrogen and oxygen atoms in total. The van der Waals surface area contributed by atoms with Crippen LogP contribution in [0.3, 0.4) is 0 Å². The van der Waals surface area contributed by atoms with E-state index in [-0.39, 0.29) is 18.4 Å². The lowest BCUT2D eigenvalue weighted by Crippen LogP contribution is -2.52. The zero-order chi connectivity index (χ0) is 26.2. The van der Waals surface area contributed by atoms with Gasteiger partial charge in [-0.25, -0.2) is 0 Å². The Hall–Kier alpha value is -4.14. The van der Waals surface area contributed by atoms with Crippen LogP contribution in [0.5, 0.6) is 11.5 Å². The van der Waals surface area contributed by atoms with Crippen molar-refractivity contribution in [2.75, 3.05) is 58.4 Å². The SMILES string of the molecule is COc1ccc(-c2ccc(N3CCN(C(=O)CN(CCc4ccccc4)C(C)=O)CC3)nn2)cc1OC. The van der Waals surface area contributed by atoms with Crippen molar-refractivity contribution >= 4 is 17.6 Å². The molecule has 1 aromatic heterocycles. The van der Waals surface area contributed by atoms with Crippen LogP contribution in [0.4, 0.5) is 5.82 Å². The normalized spacial score (nSPS) is 13.3. The Kier molecular flexibility index (Phi) is 8.56. The van der Waals surface area contributed by atoms with Gasteiger partial charge in [0.05, 0.1) is 26.5 Å². The van der Waals surface area contributed by atoms with E-state index < -0.39 is 0 Å². The molecule has 1 aliphatic rings. The Labute approximate surface area is 217 Å². The fourth-order valence-corrected chi connectivity index (χ4v) is 4.35. The van der Waals surface area contributed by atoms with E-state index in [4.69, 9.17) is 9.47 Å². The van der Waals surface area contributed by atoms with Crippen LogP contribution in [0.15, 0.2) is 60.7 Å². The molecule has 0 saturated carbocycles. The Balaban J connectivity index is 1.30. The molecule has 0 atom stereocenters. The highest BCUT2D eigenvalue weighted by Crippen LogP contribution is 2.31. The number of methoxy groups -OCH3 is 2. The Morgan fingerprint density at radius 1 is 0.892 bits per heavy atom. The van der Waals surface area contributed by atoms with Crippen LogP contribution < -0.4 is 14.4 Å². The van der Waals surface area contributed by atoms with Gasteiger partial charge in [0, 0.05) is 45.2 Å². The van der Waals surface area contributed by atoms with Crippen molar-refractivity contribution in [3.8, 4) is 22.8 Å². The van der Waals surface area contributed by atoms with Crippen LogP contribution in [-0.2, 0) is 16.0 Å². The minimum Gasteiger partial charge on any atom is -0.493 e. The largest absolute Gasteiger partial charge is 0.493 e. The van der Waals surface area contributed by atoms with Gasteiger partial charge in [-0.2, -0.15) is 0 Å². The molecule has 0 radical (unpaired) electrons. The summed E-state index contributed by atoms with van der Waals surface area (Å²) >= 11 is 0. The summed E-state index contributed by atoms with van der Waals surface area (Å²) in [5.41, 5.74) is 2.76. The number of nitrogens with zero attached hydrogens (tertiary/aromatic N) is 5. The first-order chi connectivity index (χ1) is 18.0. The van der Waals surface area contributed by atoms with Gasteiger partial charge in [-0.05, 0) is 42.3 Å². The van der Waals surface area contributed by atoms with Crippen molar-refractivity contribution in [2.45, 2.75) is 13.3 Å². The van der Waals surface area contributed by atoms with E-state index in [1.807, 2.05) is 65.6 Å². The smallest absolute Gasteiger partial charge is 0.242 e. The number of amides is 2. The maximum atomic E-state index is 12.9. The fourth-order valence-electron chi connectivity index (χ4n) is 4.35. The third kappa shape index (κ3) is 6.55. The lowest BCUT2D eigenvalue weighted by molar-refractivity contribution is -0.139. The summed E-state index contributed by atoms with van der Waals surface area (Å²) in [6.07, 6.45) is 0.722. The van der Waals surface area contributed by atoms with Gasteiger partial charge >= 0.3 is 0 Å². The summed E-state index contributed by atoms with van der Waals surface area (Å²) in [5.74, 6) is 1.94. The second-order valence-electron chi connectivity index (χ2n) is 8.89. The number of carbonyl (C=O) groups excluding carboxylic acids is 2. The lowest BCUT2D eigenvalue weighted by atomic mass is 10.1. The zero-order valence-electron chi connectivity index (χ0n) is 21.6. The summed E-state index contributed by atoms with van der Waals surface area (Å²) in [4.78, 5) is 30.6. The number of aromatic nitrogens is 2. The second kappa shape index (κ2) is 12.2. The average Bonchev–Trinajstić information content (AvgIpc) is 2.95. The molecule has 2 aromatic carbocycles. The molecule has 0 N–H and O–H groups in total. The molecule has 0 spiro atoms. The first-order valence-electron chi connectivity index (χ1n) is 12.4. The van der Waals surface area contributed by atoms with E-state index in [9.17, 15) is 9.59 Å². The number of piperazine rings is 1. The number of hydrogen-bond donors (Lipinski definition) is 0. The molecular weight excluding hydrogens is 470 g/mol. The fraction of sp³-hybridized carbons (Fsp3) is 0.357. The van der Waals surface area contributed by atoms with E-state index in [1.165, 1.54) is 6.92 Å². The molecular formula is C28H33N5O4. The maximum absolute atomic E-state index is 12.9. The van der Waals surface area contributed by atoms with Crippen LogP contribution in [-0.4, -0.2) is 85.3 Å². The molecule has 2 amide bonds. The second-order valence-corrected chi connectivity index (χ2v) is 8.89. The predicted octanol–water partition coefficient (Wildman–Crippen LogP) is 2.90. The standard InChI is InChI=1S/C28H33N5O4/c1-21(34)33(14-13-22-7-5-4-6-8-22)20-28(35)32-17-15-31(16-18-32)27-12-10-24(29-30-27)23-9-11-25(36-2)26(19-23)37-3/h4-12,19H,13-18,20H2,1-3H3. The summed E-state index contributed by atoms with van der Waals surface area (Å²) in [5, 5.41) is 8.82. The van der Waals surface area contributed by atoms with Gasteiger partial charge in [-0.15, -0.1) is 10.2 Å². The molecule has 4 rings (SSSR count). The molecule has 1 fully saturated rings. The number of carbonyl (C=O) groups is 2. The van der Waals surface area contributed by atoms with Crippen molar-refractivity contribution in [1.29, 1.82) is 0 Å². The highest BCUT2D eigenvalue weighted by Gasteiger charge is 2.24. The minimum atomic E-state index is -0.0900. The number of hydrogen-bond acceptors (Lipinski definition) is 7. The van der Waals surface area contributed by atoms with Gasteiger partial charge in [0.25, 0.3) is 0 Å². The molecule has 3 aromatic rings. The van der Waals surface area contributed by atoms with E-state index in [0.717, 1.165) is 29.1 Å². The molecule has 1 saturated heterocycles. The number of ether oxygens (including phenoxy) is 2. The predicted molar refractivity (Wildman–Crippen MR) is 142 cm³/mol.